The van der Waals surface area contributed by atoms with E-state index in [1.54, 1.807) is 0 Å². The summed E-state index contributed by atoms with van der Waals surface area (Å²) in [6, 6.07) is 0. The van der Waals surface area contributed by atoms with Crippen LogP contribution in [0.15, 0.2) is 34.9 Å². The van der Waals surface area contributed by atoms with E-state index in [1.165, 1.54) is 19.8 Å². The van der Waals surface area contributed by atoms with E-state index < -0.39 is 0 Å². The molecule has 0 unspecified atom stereocenters. The summed E-state index contributed by atoms with van der Waals surface area (Å²) in [6.45, 7) is 6.32. The molecule has 1 heterocycles. The van der Waals surface area contributed by atoms with Gasteiger partial charge in [-0.3, -0.25) is 0 Å². The van der Waals surface area contributed by atoms with Crippen LogP contribution in [0.5, 0.6) is 0 Å². The van der Waals surface area contributed by atoms with Crippen molar-refractivity contribution in [1.82, 2.24) is 0 Å². The largest absolute Gasteiger partial charge is 0.466 e. The van der Waals surface area contributed by atoms with Crippen LogP contribution in [0.25, 0.3) is 0 Å². The Hall–Kier alpha value is -1.88. The highest BCUT2D eigenvalue weighted by atomic mass is 16.6. The molecule has 0 N–H and O–H groups in total. The van der Waals surface area contributed by atoms with Gasteiger partial charge in [0.1, 0.15) is 0 Å². The summed E-state index contributed by atoms with van der Waals surface area (Å²) in [7, 11) is 2.83. The van der Waals surface area contributed by atoms with Gasteiger partial charge in [-0.15, -0.1) is 0 Å². The van der Waals surface area contributed by atoms with Crippen LogP contribution in [0.1, 0.15) is 59.3 Å². The molecule has 1 aliphatic carbocycles. The SMILES string of the molecule is COC(=O)/C1=C\CC[C@]2(C)O[C@@H]2CC/C(C(=O)OC)=C/C=C(/C(C)C)CC1. The van der Waals surface area contributed by atoms with Gasteiger partial charge >= 0.3 is 11.9 Å². The molecule has 2 aliphatic rings. The lowest BCUT2D eigenvalue weighted by atomic mass is 9.92. The molecule has 150 valence electrons. The molecule has 0 bridgehead atoms. The van der Waals surface area contributed by atoms with Crippen LogP contribution in [0, 0.1) is 5.92 Å². The van der Waals surface area contributed by atoms with Crippen molar-refractivity contribution in [3.8, 4) is 0 Å². The minimum Gasteiger partial charge on any atom is -0.466 e. The third-order valence-corrected chi connectivity index (χ3v) is 5.56. The third kappa shape index (κ3) is 5.80. The molecule has 0 amide bonds. The number of carbonyl (C=O) groups excluding carboxylic acids is 2. The van der Waals surface area contributed by atoms with Gasteiger partial charge in [-0.05, 0) is 51.4 Å². The molecule has 1 aliphatic heterocycles. The van der Waals surface area contributed by atoms with E-state index in [2.05, 4.69) is 20.8 Å². The Morgan fingerprint density at radius 2 is 1.74 bits per heavy atom. The first kappa shape index (κ1) is 21.4. The maximum absolute atomic E-state index is 12.1. The van der Waals surface area contributed by atoms with E-state index in [-0.39, 0.29) is 23.6 Å². The van der Waals surface area contributed by atoms with Crippen LogP contribution < -0.4 is 0 Å². The standard InChI is InChI=1S/C22H32O5/c1-15(2)16-8-10-17(20(23)25-4)7-6-14-22(3)19(27-22)13-12-18(11-9-16)21(24)26-5/h7,9,11,15,19H,6,8,10,12-14H2,1-5H3/b16-9+,17-7-,18-11-/t19-,22+/m1/s1. The fraction of sp³-hybridized carbons (Fsp3) is 0.636. The Balaban J connectivity index is 2.31. The predicted octanol–water partition coefficient (Wildman–Crippen LogP) is 4.28. The second-order valence-corrected chi connectivity index (χ2v) is 7.80. The number of rotatable bonds is 3. The van der Waals surface area contributed by atoms with Crippen molar-refractivity contribution in [2.75, 3.05) is 14.2 Å². The molecule has 5 heteroatoms. The van der Waals surface area contributed by atoms with E-state index >= 15 is 0 Å². The highest BCUT2D eigenvalue weighted by Crippen LogP contribution is 2.43. The number of fused-ring (bicyclic) bond motifs is 1. The first-order valence-corrected chi connectivity index (χ1v) is 9.73. The van der Waals surface area contributed by atoms with E-state index in [1.807, 2.05) is 18.2 Å². The second-order valence-electron chi connectivity index (χ2n) is 7.80. The van der Waals surface area contributed by atoms with Gasteiger partial charge in [-0.2, -0.15) is 0 Å². The second kappa shape index (κ2) is 9.36. The molecule has 0 radical (unpaired) electrons. The number of methoxy groups -OCH3 is 2. The van der Waals surface area contributed by atoms with Crippen molar-refractivity contribution in [1.29, 1.82) is 0 Å². The molecular formula is C22H32O5. The minimum atomic E-state index is -0.293. The molecule has 2 rings (SSSR count). The fourth-order valence-electron chi connectivity index (χ4n) is 3.55. The summed E-state index contributed by atoms with van der Waals surface area (Å²) < 4.78 is 15.8. The van der Waals surface area contributed by atoms with E-state index in [0.29, 0.717) is 29.9 Å². The van der Waals surface area contributed by atoms with Gasteiger partial charge in [0.25, 0.3) is 0 Å². The maximum atomic E-state index is 12.1. The number of hydrogen-bond donors (Lipinski definition) is 0. The molecule has 0 aromatic heterocycles. The van der Waals surface area contributed by atoms with Crippen LogP contribution in [0.4, 0.5) is 0 Å². The summed E-state index contributed by atoms with van der Waals surface area (Å²) in [6.07, 6.45) is 10.4. The maximum Gasteiger partial charge on any atom is 0.333 e. The average molecular weight is 376 g/mol. The fourth-order valence-corrected chi connectivity index (χ4v) is 3.55. The lowest BCUT2D eigenvalue weighted by molar-refractivity contribution is -0.137. The van der Waals surface area contributed by atoms with E-state index in [0.717, 1.165) is 25.7 Å². The number of ether oxygens (including phenoxy) is 3. The Bertz CT molecular complexity index is 656. The number of esters is 2. The topological polar surface area (TPSA) is 65.1 Å². The minimum absolute atomic E-state index is 0.136. The molecule has 27 heavy (non-hydrogen) atoms. The number of epoxide rings is 1. The molecule has 0 aromatic rings. The zero-order chi connectivity index (χ0) is 20.0. The zero-order valence-corrected chi connectivity index (χ0v) is 17.2. The van der Waals surface area contributed by atoms with Crippen molar-refractivity contribution in [2.24, 2.45) is 5.92 Å². The summed E-state index contributed by atoms with van der Waals surface area (Å²) in [5.74, 6) is -0.240. The van der Waals surface area contributed by atoms with Gasteiger partial charge < -0.3 is 14.2 Å². The first-order valence-electron chi connectivity index (χ1n) is 9.73. The summed E-state index contributed by atoms with van der Waals surface area (Å²) in [4.78, 5) is 24.3. The van der Waals surface area contributed by atoms with Crippen molar-refractivity contribution < 1.29 is 23.8 Å². The van der Waals surface area contributed by atoms with Crippen molar-refractivity contribution in [3.05, 3.63) is 34.9 Å². The van der Waals surface area contributed by atoms with Gasteiger partial charge in [0.05, 0.1) is 25.9 Å². The van der Waals surface area contributed by atoms with Crippen molar-refractivity contribution >= 4 is 11.9 Å². The Morgan fingerprint density at radius 3 is 2.37 bits per heavy atom. The molecule has 0 aromatic carbocycles. The van der Waals surface area contributed by atoms with Crippen molar-refractivity contribution in [3.63, 3.8) is 0 Å². The molecule has 0 saturated carbocycles. The summed E-state index contributed by atoms with van der Waals surface area (Å²) in [5.41, 5.74) is 2.38. The van der Waals surface area contributed by atoms with Gasteiger partial charge in [-0.25, -0.2) is 9.59 Å². The van der Waals surface area contributed by atoms with Gasteiger partial charge in [0, 0.05) is 11.1 Å². The third-order valence-electron chi connectivity index (χ3n) is 5.56. The van der Waals surface area contributed by atoms with E-state index in [4.69, 9.17) is 14.2 Å². The summed E-state index contributed by atoms with van der Waals surface area (Å²) in [5, 5.41) is 0. The van der Waals surface area contributed by atoms with Crippen LogP contribution in [-0.2, 0) is 23.8 Å². The molecule has 0 spiro atoms. The molecule has 5 nitrogen and oxygen atoms in total. The number of hydrogen-bond acceptors (Lipinski definition) is 5. The van der Waals surface area contributed by atoms with Gasteiger partial charge in [0.2, 0.25) is 0 Å². The highest BCUT2D eigenvalue weighted by molar-refractivity contribution is 5.89. The number of carbonyl (C=O) groups is 2. The van der Waals surface area contributed by atoms with Crippen LogP contribution in [0.3, 0.4) is 0 Å². The van der Waals surface area contributed by atoms with Crippen molar-refractivity contribution in [2.45, 2.75) is 71.0 Å². The zero-order valence-electron chi connectivity index (χ0n) is 17.2. The molecule has 1 saturated heterocycles. The van der Waals surface area contributed by atoms with Crippen LogP contribution >= 0.6 is 0 Å². The quantitative estimate of drug-likeness (QED) is 0.543. The summed E-state index contributed by atoms with van der Waals surface area (Å²) >= 11 is 0. The Morgan fingerprint density at radius 1 is 1.07 bits per heavy atom. The normalized spacial score (nSPS) is 32.5. The van der Waals surface area contributed by atoms with Crippen LogP contribution in [-0.4, -0.2) is 37.9 Å². The molecule has 1 fully saturated rings. The number of allylic oxidation sites excluding steroid dienone is 4. The monoisotopic (exact) mass is 376 g/mol. The predicted molar refractivity (Wildman–Crippen MR) is 104 cm³/mol. The van der Waals surface area contributed by atoms with Gasteiger partial charge in [-0.1, -0.05) is 37.6 Å². The lowest BCUT2D eigenvalue weighted by Gasteiger charge is -2.13. The Kier molecular flexibility index (Phi) is 7.42. The van der Waals surface area contributed by atoms with Gasteiger partial charge in [0.15, 0.2) is 0 Å². The average Bonchev–Trinajstić information content (AvgIpc) is 3.30. The van der Waals surface area contributed by atoms with Crippen LogP contribution in [0.2, 0.25) is 0 Å². The molecular weight excluding hydrogens is 344 g/mol. The van der Waals surface area contributed by atoms with E-state index in [9.17, 15) is 9.59 Å². The first-order chi connectivity index (χ1) is 12.8. The highest BCUT2D eigenvalue weighted by Gasteiger charge is 2.50. The Labute approximate surface area is 162 Å². The molecule has 2 atom stereocenters. The lowest BCUT2D eigenvalue weighted by Crippen LogP contribution is -2.12. The smallest absolute Gasteiger partial charge is 0.333 e.